The predicted octanol–water partition coefficient (Wildman–Crippen LogP) is 2.61. The van der Waals surface area contributed by atoms with Gasteiger partial charge in [-0.05, 0) is 38.0 Å². The summed E-state index contributed by atoms with van der Waals surface area (Å²) in [5.41, 5.74) is 3.83. The summed E-state index contributed by atoms with van der Waals surface area (Å²) in [6.45, 7) is 6.65. The monoisotopic (exact) mass is 341 g/mol. The molecule has 0 aliphatic carbocycles. The molecule has 0 radical (unpaired) electrons. The van der Waals surface area contributed by atoms with E-state index in [2.05, 4.69) is 5.16 Å². The van der Waals surface area contributed by atoms with Crippen molar-refractivity contribution in [1.82, 2.24) is 10.1 Å². The van der Waals surface area contributed by atoms with E-state index >= 15 is 0 Å². The van der Waals surface area contributed by atoms with Crippen LogP contribution in [0, 0.1) is 26.7 Å². The Kier molecular flexibility index (Phi) is 4.61. The maximum atomic E-state index is 12.7. The zero-order valence-corrected chi connectivity index (χ0v) is 15.1. The molecule has 1 fully saturated rings. The fraction of sp³-hybridized carbons (Fsp3) is 0.421. The molecule has 1 aromatic heterocycles. The molecule has 1 aliphatic rings. The first-order chi connectivity index (χ1) is 11.9. The zero-order valence-electron chi connectivity index (χ0n) is 15.1. The van der Waals surface area contributed by atoms with Crippen molar-refractivity contribution in [1.29, 1.82) is 0 Å². The molecule has 3 rings (SSSR count). The number of anilines is 1. The number of benzene rings is 1. The number of hydrogen-bond acceptors (Lipinski definition) is 4. The van der Waals surface area contributed by atoms with Crippen molar-refractivity contribution < 1.29 is 14.1 Å². The highest BCUT2D eigenvalue weighted by molar-refractivity contribution is 6.00. The smallest absolute Gasteiger partial charge is 0.228 e. The van der Waals surface area contributed by atoms with Gasteiger partial charge < -0.3 is 14.3 Å². The van der Waals surface area contributed by atoms with Gasteiger partial charge in [-0.25, -0.2) is 0 Å². The third-order valence-corrected chi connectivity index (χ3v) is 4.79. The van der Waals surface area contributed by atoms with Gasteiger partial charge in [0, 0.05) is 31.8 Å². The number of nitrogens with zero attached hydrogens (tertiary/aromatic N) is 3. The Morgan fingerprint density at radius 2 is 2.12 bits per heavy atom. The summed E-state index contributed by atoms with van der Waals surface area (Å²) in [6, 6.07) is 7.72. The first-order valence-electron chi connectivity index (χ1n) is 8.40. The minimum Gasteiger partial charge on any atom is -0.361 e. The predicted molar refractivity (Wildman–Crippen MR) is 94.1 cm³/mol. The minimum atomic E-state index is -0.328. The molecule has 0 N–H and O–H groups in total. The minimum absolute atomic E-state index is 0.00210. The first-order valence-corrected chi connectivity index (χ1v) is 8.40. The fourth-order valence-electron chi connectivity index (χ4n) is 3.26. The third kappa shape index (κ3) is 3.43. The van der Waals surface area contributed by atoms with E-state index in [1.165, 1.54) is 0 Å². The van der Waals surface area contributed by atoms with Gasteiger partial charge in [0.05, 0.1) is 12.5 Å². The SMILES string of the molecule is Cc1cc(CN(C)C(=O)[C@@H]2CC(=O)N(c3cccc(C)c3C)C2)no1. The van der Waals surface area contributed by atoms with Gasteiger partial charge in [-0.1, -0.05) is 17.3 Å². The van der Waals surface area contributed by atoms with Crippen LogP contribution in [0.4, 0.5) is 5.69 Å². The summed E-state index contributed by atoms with van der Waals surface area (Å²) >= 11 is 0. The van der Waals surface area contributed by atoms with Gasteiger partial charge >= 0.3 is 0 Å². The molecule has 1 saturated heterocycles. The molecular formula is C19H23N3O3. The average molecular weight is 341 g/mol. The van der Waals surface area contributed by atoms with E-state index < -0.39 is 0 Å². The average Bonchev–Trinajstić information content (AvgIpc) is 3.15. The molecule has 132 valence electrons. The zero-order chi connectivity index (χ0) is 18.1. The van der Waals surface area contributed by atoms with Crippen molar-refractivity contribution in [3.05, 3.63) is 46.8 Å². The maximum Gasteiger partial charge on any atom is 0.228 e. The topological polar surface area (TPSA) is 66.7 Å². The number of carbonyl (C=O) groups excluding carboxylic acids is 2. The molecule has 0 spiro atoms. The van der Waals surface area contributed by atoms with Crippen LogP contribution in [-0.4, -0.2) is 35.5 Å². The lowest BCUT2D eigenvalue weighted by atomic mass is 10.1. The number of aryl methyl sites for hydroxylation is 2. The molecule has 0 saturated carbocycles. The number of amides is 2. The van der Waals surface area contributed by atoms with Crippen LogP contribution in [0.1, 0.15) is 29.0 Å². The van der Waals surface area contributed by atoms with Gasteiger partial charge in [0.1, 0.15) is 11.5 Å². The number of rotatable bonds is 4. The van der Waals surface area contributed by atoms with Crippen LogP contribution < -0.4 is 4.90 Å². The van der Waals surface area contributed by atoms with E-state index in [1.54, 1.807) is 16.8 Å². The Morgan fingerprint density at radius 3 is 2.80 bits per heavy atom. The van der Waals surface area contributed by atoms with Crippen LogP contribution in [0.5, 0.6) is 0 Å². The first kappa shape index (κ1) is 17.2. The van der Waals surface area contributed by atoms with Crippen molar-refractivity contribution in [2.75, 3.05) is 18.5 Å². The fourth-order valence-corrected chi connectivity index (χ4v) is 3.26. The molecule has 6 nitrogen and oxygen atoms in total. The Morgan fingerprint density at radius 1 is 1.36 bits per heavy atom. The van der Waals surface area contributed by atoms with Gasteiger partial charge in [-0.15, -0.1) is 0 Å². The molecular weight excluding hydrogens is 318 g/mol. The van der Waals surface area contributed by atoms with Gasteiger partial charge in [-0.3, -0.25) is 9.59 Å². The molecule has 2 aromatic rings. The summed E-state index contributed by atoms with van der Waals surface area (Å²) in [5, 5.41) is 3.92. The van der Waals surface area contributed by atoms with Gasteiger partial charge in [0.25, 0.3) is 0 Å². The molecule has 0 bridgehead atoms. The molecule has 25 heavy (non-hydrogen) atoms. The molecule has 1 atom stereocenters. The maximum absolute atomic E-state index is 12.7. The number of aromatic nitrogens is 1. The van der Waals surface area contributed by atoms with Crippen molar-refractivity contribution in [2.45, 2.75) is 33.7 Å². The van der Waals surface area contributed by atoms with Crippen LogP contribution in [0.15, 0.2) is 28.8 Å². The second-order valence-corrected chi connectivity index (χ2v) is 6.75. The Labute approximate surface area is 147 Å². The summed E-state index contributed by atoms with van der Waals surface area (Å²) in [5.74, 6) is 0.345. The van der Waals surface area contributed by atoms with E-state index in [9.17, 15) is 9.59 Å². The van der Waals surface area contributed by atoms with Crippen molar-refractivity contribution in [3.63, 3.8) is 0 Å². The highest BCUT2D eigenvalue weighted by atomic mass is 16.5. The van der Waals surface area contributed by atoms with Gasteiger partial charge in [0.2, 0.25) is 11.8 Å². The summed E-state index contributed by atoms with van der Waals surface area (Å²) in [4.78, 5) is 28.5. The van der Waals surface area contributed by atoms with E-state index in [-0.39, 0.29) is 24.2 Å². The Balaban J connectivity index is 1.71. The lowest BCUT2D eigenvalue weighted by Gasteiger charge is -2.22. The molecule has 1 aliphatic heterocycles. The molecule has 1 aromatic carbocycles. The van der Waals surface area contributed by atoms with Crippen LogP contribution in [0.3, 0.4) is 0 Å². The summed E-state index contributed by atoms with van der Waals surface area (Å²) in [7, 11) is 1.73. The summed E-state index contributed by atoms with van der Waals surface area (Å²) in [6.07, 6.45) is 0.244. The molecule has 2 heterocycles. The largest absolute Gasteiger partial charge is 0.361 e. The van der Waals surface area contributed by atoms with Crippen LogP contribution in [0.2, 0.25) is 0 Å². The van der Waals surface area contributed by atoms with Crippen LogP contribution >= 0.6 is 0 Å². The van der Waals surface area contributed by atoms with E-state index in [0.29, 0.717) is 24.5 Å². The van der Waals surface area contributed by atoms with Crippen LogP contribution in [-0.2, 0) is 16.1 Å². The van der Waals surface area contributed by atoms with E-state index in [4.69, 9.17) is 4.52 Å². The normalized spacial score (nSPS) is 17.2. The molecule has 2 amide bonds. The molecule has 0 unspecified atom stereocenters. The highest BCUT2D eigenvalue weighted by Crippen LogP contribution is 2.30. The lowest BCUT2D eigenvalue weighted by molar-refractivity contribution is -0.135. The van der Waals surface area contributed by atoms with Crippen molar-refractivity contribution in [3.8, 4) is 0 Å². The van der Waals surface area contributed by atoms with Crippen molar-refractivity contribution >= 4 is 17.5 Å². The quantitative estimate of drug-likeness (QED) is 0.857. The second kappa shape index (κ2) is 6.70. The van der Waals surface area contributed by atoms with Crippen molar-refractivity contribution in [2.24, 2.45) is 5.92 Å². The highest BCUT2D eigenvalue weighted by Gasteiger charge is 2.37. The van der Waals surface area contributed by atoms with Gasteiger partial charge in [0.15, 0.2) is 0 Å². The van der Waals surface area contributed by atoms with E-state index in [1.807, 2.05) is 45.0 Å². The van der Waals surface area contributed by atoms with E-state index in [0.717, 1.165) is 16.8 Å². The van der Waals surface area contributed by atoms with Gasteiger partial charge in [-0.2, -0.15) is 0 Å². The second-order valence-electron chi connectivity index (χ2n) is 6.75. The van der Waals surface area contributed by atoms with Crippen LogP contribution in [0.25, 0.3) is 0 Å². The Hall–Kier alpha value is -2.63. The summed E-state index contributed by atoms with van der Waals surface area (Å²) < 4.78 is 5.04. The Bertz CT molecular complexity index is 812. The molecule has 6 heteroatoms. The third-order valence-electron chi connectivity index (χ3n) is 4.79. The standard InChI is InChI=1S/C19H23N3O3/c1-12-6-5-7-17(14(12)3)22-10-15(9-18(22)23)19(24)21(4)11-16-8-13(2)25-20-16/h5-8,15H,9-11H2,1-4H3/t15-/m1/s1. The number of hydrogen-bond donors (Lipinski definition) is 0. The number of carbonyl (C=O) groups is 2. The lowest BCUT2D eigenvalue weighted by Crippen LogP contribution is -2.34.